The third-order valence-electron chi connectivity index (χ3n) is 3.52. The van der Waals surface area contributed by atoms with E-state index in [0.717, 1.165) is 24.3 Å². The zero-order valence-corrected chi connectivity index (χ0v) is 14.1. The Bertz CT molecular complexity index is 1030. The fourth-order valence-electron chi connectivity index (χ4n) is 2.42. The number of alkyl halides is 5. The number of nitrogens with one attached hydrogen (secondary N) is 1. The molecule has 1 amide bonds. The Morgan fingerprint density at radius 3 is 2.48 bits per heavy atom. The van der Waals surface area contributed by atoms with Gasteiger partial charge in [-0.05, 0) is 30.3 Å². The molecule has 12 heteroatoms. The number of hydrogen-bond donors (Lipinski definition) is 1. The summed E-state index contributed by atoms with van der Waals surface area (Å²) in [5, 5.41) is 8.68. The van der Waals surface area contributed by atoms with Gasteiger partial charge in [-0.3, -0.25) is 4.79 Å². The summed E-state index contributed by atoms with van der Waals surface area (Å²) in [5.41, 5.74) is -3.01. The summed E-state index contributed by atoms with van der Waals surface area (Å²) >= 11 is 0. The van der Waals surface area contributed by atoms with Gasteiger partial charge in [0.05, 0.1) is 5.69 Å². The van der Waals surface area contributed by atoms with Crippen molar-refractivity contribution in [2.45, 2.75) is 12.8 Å². The Morgan fingerprint density at radius 1 is 1.10 bits per heavy atom. The summed E-state index contributed by atoms with van der Waals surface area (Å²) < 4.78 is 83.0. The van der Waals surface area contributed by atoms with Gasteiger partial charge < -0.3 is 10.1 Å². The lowest BCUT2D eigenvalue weighted by atomic mass is 10.2. The monoisotopic (exact) mass is 416 g/mol. The maximum absolute atomic E-state index is 13.6. The highest BCUT2D eigenvalue weighted by molar-refractivity contribution is 6.03. The van der Waals surface area contributed by atoms with Crippen LogP contribution in [0.4, 0.5) is 32.0 Å². The maximum atomic E-state index is 13.6. The summed E-state index contributed by atoms with van der Waals surface area (Å²) in [6, 6.07) is 8.80. The van der Waals surface area contributed by atoms with Crippen LogP contribution in [0.25, 0.3) is 5.69 Å². The average molecular weight is 416 g/mol. The van der Waals surface area contributed by atoms with E-state index in [1.807, 2.05) is 0 Å². The molecule has 152 valence electrons. The van der Waals surface area contributed by atoms with E-state index in [-0.39, 0.29) is 21.8 Å². The first-order valence-corrected chi connectivity index (χ1v) is 7.80. The van der Waals surface area contributed by atoms with Gasteiger partial charge in [0, 0.05) is 11.8 Å². The number of halogens is 6. The molecule has 3 rings (SSSR count). The Kier molecular flexibility index (Phi) is 5.43. The Hall–Kier alpha value is -3.57. The van der Waals surface area contributed by atoms with Gasteiger partial charge in [0.15, 0.2) is 11.4 Å². The molecule has 0 aliphatic heterocycles. The van der Waals surface area contributed by atoms with E-state index < -0.39 is 35.9 Å². The summed E-state index contributed by atoms with van der Waals surface area (Å²) in [4.78, 5) is 12.3. The van der Waals surface area contributed by atoms with Gasteiger partial charge in [0.25, 0.3) is 5.91 Å². The van der Waals surface area contributed by atoms with Crippen molar-refractivity contribution >= 4 is 11.6 Å². The molecule has 29 heavy (non-hydrogen) atoms. The van der Waals surface area contributed by atoms with Gasteiger partial charge in [-0.25, -0.2) is 9.07 Å². The normalized spacial score (nSPS) is 11.6. The summed E-state index contributed by atoms with van der Waals surface area (Å²) in [5.74, 6) is -2.42. The largest absolute Gasteiger partial charge is 0.435 e. The number of amides is 1. The van der Waals surface area contributed by atoms with Crippen LogP contribution in [0.15, 0.2) is 48.5 Å². The van der Waals surface area contributed by atoms with Gasteiger partial charge in [-0.2, -0.15) is 22.0 Å². The van der Waals surface area contributed by atoms with Crippen molar-refractivity contribution < 1.29 is 35.9 Å². The van der Waals surface area contributed by atoms with Gasteiger partial charge >= 0.3 is 12.8 Å². The Balaban J connectivity index is 1.95. The highest BCUT2D eigenvalue weighted by Gasteiger charge is 2.42. The minimum atomic E-state index is -5.05. The first kappa shape index (κ1) is 20.2. The van der Waals surface area contributed by atoms with E-state index in [9.17, 15) is 31.1 Å². The minimum absolute atomic E-state index is 0.110. The predicted molar refractivity (Wildman–Crippen MR) is 87.3 cm³/mol. The standard InChI is InChI=1S/C17H10F6N4O2/c18-9-3-1-5-11(7-9)27-14(17(21,22)23)13(25-26-27)15(28)24-10-4-2-6-12(8-10)29-16(19)20/h1-8,16H,(H,24,28). The van der Waals surface area contributed by atoms with Crippen molar-refractivity contribution in [1.82, 2.24) is 15.0 Å². The van der Waals surface area contributed by atoms with Crippen LogP contribution in [0.5, 0.6) is 5.75 Å². The molecule has 0 spiro atoms. The number of carbonyl (C=O) groups excluding carboxylic acids is 1. The van der Waals surface area contributed by atoms with Crippen molar-refractivity contribution in [2.75, 3.05) is 5.32 Å². The molecule has 0 bridgehead atoms. The molecule has 0 atom stereocenters. The SMILES string of the molecule is O=C(Nc1cccc(OC(F)F)c1)c1nnn(-c2cccc(F)c2)c1C(F)(F)F. The van der Waals surface area contributed by atoms with Crippen molar-refractivity contribution in [1.29, 1.82) is 0 Å². The molecule has 0 aliphatic carbocycles. The summed E-state index contributed by atoms with van der Waals surface area (Å²) in [6.07, 6.45) is -5.05. The smallest absolute Gasteiger partial charge is 0.435 e. The van der Waals surface area contributed by atoms with Crippen molar-refractivity contribution in [3.63, 3.8) is 0 Å². The molecule has 2 aromatic carbocycles. The van der Waals surface area contributed by atoms with Crippen molar-refractivity contribution in [3.05, 3.63) is 65.7 Å². The number of anilines is 1. The number of ether oxygens (including phenoxy) is 1. The second-order valence-electron chi connectivity index (χ2n) is 5.54. The molecule has 6 nitrogen and oxygen atoms in total. The zero-order chi connectivity index (χ0) is 21.2. The van der Waals surface area contributed by atoms with Gasteiger partial charge in [0.2, 0.25) is 0 Å². The molecule has 1 N–H and O–H groups in total. The Morgan fingerprint density at radius 2 is 1.83 bits per heavy atom. The molecule has 0 unspecified atom stereocenters. The van der Waals surface area contributed by atoms with Crippen LogP contribution < -0.4 is 10.1 Å². The number of benzene rings is 2. The fourth-order valence-corrected chi connectivity index (χ4v) is 2.42. The van der Waals surface area contributed by atoms with Crippen LogP contribution in [-0.2, 0) is 6.18 Å². The Labute approximate surface area is 158 Å². The van der Waals surface area contributed by atoms with Gasteiger partial charge in [-0.15, -0.1) is 5.10 Å². The number of carbonyl (C=O) groups is 1. The van der Waals surface area contributed by atoms with Crippen LogP contribution in [0, 0.1) is 5.82 Å². The lowest BCUT2D eigenvalue weighted by Gasteiger charge is -2.12. The summed E-state index contributed by atoms with van der Waals surface area (Å²) in [7, 11) is 0. The van der Waals surface area contributed by atoms with Crippen LogP contribution in [0.1, 0.15) is 16.2 Å². The second-order valence-corrected chi connectivity index (χ2v) is 5.54. The molecule has 0 saturated carbocycles. The predicted octanol–water partition coefficient (Wildman–Crippen LogP) is 4.28. The van der Waals surface area contributed by atoms with Crippen molar-refractivity contribution in [3.8, 4) is 11.4 Å². The third-order valence-corrected chi connectivity index (χ3v) is 3.52. The van der Waals surface area contributed by atoms with E-state index >= 15 is 0 Å². The van der Waals surface area contributed by atoms with E-state index in [1.165, 1.54) is 24.3 Å². The maximum Gasteiger partial charge on any atom is 0.435 e. The highest BCUT2D eigenvalue weighted by atomic mass is 19.4. The molecule has 0 radical (unpaired) electrons. The zero-order valence-electron chi connectivity index (χ0n) is 14.1. The topological polar surface area (TPSA) is 69.0 Å². The molecule has 0 saturated heterocycles. The molecule has 1 heterocycles. The van der Waals surface area contributed by atoms with Gasteiger partial charge in [-0.1, -0.05) is 17.3 Å². The van der Waals surface area contributed by atoms with Crippen LogP contribution in [0.3, 0.4) is 0 Å². The van der Waals surface area contributed by atoms with Crippen LogP contribution >= 0.6 is 0 Å². The van der Waals surface area contributed by atoms with E-state index in [1.54, 1.807) is 0 Å². The molecule has 0 fully saturated rings. The quantitative estimate of drug-likeness (QED) is 0.631. The number of nitrogens with zero attached hydrogens (tertiary/aromatic N) is 3. The fraction of sp³-hybridized carbons (Fsp3) is 0.118. The number of rotatable bonds is 5. The molecular formula is C17H10F6N4O2. The highest BCUT2D eigenvalue weighted by Crippen LogP contribution is 2.33. The third kappa shape index (κ3) is 4.65. The van der Waals surface area contributed by atoms with Gasteiger partial charge in [0.1, 0.15) is 11.6 Å². The molecule has 3 aromatic rings. The molecule has 1 aromatic heterocycles. The second kappa shape index (κ2) is 7.81. The van der Waals surface area contributed by atoms with E-state index in [4.69, 9.17) is 0 Å². The lowest BCUT2D eigenvalue weighted by Crippen LogP contribution is -2.21. The molecule has 0 aliphatic rings. The first-order valence-electron chi connectivity index (χ1n) is 7.80. The molecular weight excluding hydrogens is 406 g/mol. The van der Waals surface area contributed by atoms with Crippen molar-refractivity contribution in [2.24, 2.45) is 0 Å². The lowest BCUT2D eigenvalue weighted by molar-refractivity contribution is -0.143. The number of aromatic nitrogens is 3. The van der Waals surface area contributed by atoms with Crippen LogP contribution in [0.2, 0.25) is 0 Å². The summed E-state index contributed by atoms with van der Waals surface area (Å²) in [6.45, 7) is -3.12. The average Bonchev–Trinajstić information content (AvgIpc) is 3.07. The van der Waals surface area contributed by atoms with E-state index in [0.29, 0.717) is 0 Å². The number of hydrogen-bond acceptors (Lipinski definition) is 4. The first-order chi connectivity index (χ1) is 13.6. The minimum Gasteiger partial charge on any atom is -0.435 e. The van der Waals surface area contributed by atoms with E-state index in [2.05, 4.69) is 20.4 Å². The van der Waals surface area contributed by atoms with Crippen LogP contribution in [-0.4, -0.2) is 27.5 Å².